The Balaban J connectivity index is 1.95. The van der Waals surface area contributed by atoms with Crippen molar-refractivity contribution in [1.29, 1.82) is 0 Å². The first-order chi connectivity index (χ1) is 8.15. The standard InChI is InChI=1S/C13H17N3S/c1-9(2)12-6-4-11(5-7-12)8-14-13-15-10(3)16-17-13/h4-7,9H,8H2,1-3H3,(H,14,15,16). The monoisotopic (exact) mass is 247 g/mol. The van der Waals surface area contributed by atoms with Gasteiger partial charge in [-0.1, -0.05) is 38.1 Å². The van der Waals surface area contributed by atoms with E-state index in [1.165, 1.54) is 22.7 Å². The van der Waals surface area contributed by atoms with E-state index in [9.17, 15) is 0 Å². The Morgan fingerprint density at radius 3 is 2.47 bits per heavy atom. The largest absolute Gasteiger partial charge is 0.356 e. The Hall–Kier alpha value is -1.42. The van der Waals surface area contributed by atoms with E-state index in [4.69, 9.17) is 0 Å². The lowest BCUT2D eigenvalue weighted by molar-refractivity contribution is 0.865. The van der Waals surface area contributed by atoms with Crippen molar-refractivity contribution < 1.29 is 0 Å². The maximum Gasteiger partial charge on any atom is 0.202 e. The van der Waals surface area contributed by atoms with Crippen molar-refractivity contribution in [1.82, 2.24) is 9.36 Å². The number of hydrogen-bond acceptors (Lipinski definition) is 4. The molecule has 0 spiro atoms. The molecule has 1 aromatic heterocycles. The molecule has 0 aliphatic heterocycles. The molecule has 1 N–H and O–H groups in total. The lowest BCUT2D eigenvalue weighted by atomic mass is 10.0. The predicted octanol–water partition coefficient (Wildman–Crippen LogP) is 3.58. The van der Waals surface area contributed by atoms with Crippen molar-refractivity contribution in [2.75, 3.05) is 5.32 Å². The number of aryl methyl sites for hydroxylation is 1. The molecule has 0 aliphatic rings. The van der Waals surface area contributed by atoms with Crippen molar-refractivity contribution in [3.63, 3.8) is 0 Å². The van der Waals surface area contributed by atoms with Gasteiger partial charge in [0.2, 0.25) is 5.13 Å². The first-order valence-corrected chi connectivity index (χ1v) is 6.55. The van der Waals surface area contributed by atoms with E-state index in [-0.39, 0.29) is 0 Å². The fourth-order valence-electron chi connectivity index (χ4n) is 1.57. The van der Waals surface area contributed by atoms with Gasteiger partial charge in [-0.25, -0.2) is 4.98 Å². The van der Waals surface area contributed by atoms with Crippen LogP contribution >= 0.6 is 11.5 Å². The van der Waals surface area contributed by atoms with E-state index in [0.717, 1.165) is 17.5 Å². The minimum absolute atomic E-state index is 0.586. The quantitative estimate of drug-likeness (QED) is 0.897. The van der Waals surface area contributed by atoms with Crippen molar-refractivity contribution in [2.24, 2.45) is 0 Å². The summed E-state index contributed by atoms with van der Waals surface area (Å²) in [6.45, 7) is 7.11. The van der Waals surface area contributed by atoms with Crippen LogP contribution in [0.4, 0.5) is 5.13 Å². The van der Waals surface area contributed by atoms with Crippen LogP contribution in [0.3, 0.4) is 0 Å². The van der Waals surface area contributed by atoms with Gasteiger partial charge in [-0.3, -0.25) is 0 Å². The molecular formula is C13H17N3S. The molecule has 0 aliphatic carbocycles. The van der Waals surface area contributed by atoms with Crippen LogP contribution in [0.25, 0.3) is 0 Å². The van der Waals surface area contributed by atoms with Gasteiger partial charge in [0.15, 0.2) is 0 Å². The average Bonchev–Trinajstić information content (AvgIpc) is 2.73. The van der Waals surface area contributed by atoms with Gasteiger partial charge in [0.25, 0.3) is 0 Å². The molecule has 0 radical (unpaired) electrons. The minimum Gasteiger partial charge on any atom is -0.356 e. The average molecular weight is 247 g/mol. The fraction of sp³-hybridized carbons (Fsp3) is 0.385. The third-order valence-corrected chi connectivity index (χ3v) is 3.38. The van der Waals surface area contributed by atoms with Crippen molar-refractivity contribution in [3.8, 4) is 0 Å². The van der Waals surface area contributed by atoms with Crippen LogP contribution in [0.5, 0.6) is 0 Å². The van der Waals surface area contributed by atoms with Gasteiger partial charge < -0.3 is 5.32 Å². The van der Waals surface area contributed by atoms with E-state index < -0.39 is 0 Å². The molecule has 2 aromatic rings. The number of anilines is 1. The highest BCUT2D eigenvalue weighted by Crippen LogP contribution is 2.16. The summed E-state index contributed by atoms with van der Waals surface area (Å²) < 4.78 is 4.13. The molecule has 0 saturated heterocycles. The summed E-state index contributed by atoms with van der Waals surface area (Å²) in [5, 5.41) is 4.16. The molecule has 3 nitrogen and oxygen atoms in total. The second kappa shape index (κ2) is 5.27. The van der Waals surface area contributed by atoms with Gasteiger partial charge in [-0.05, 0) is 24.0 Å². The number of nitrogens with zero attached hydrogens (tertiary/aromatic N) is 2. The van der Waals surface area contributed by atoms with E-state index in [0.29, 0.717) is 5.92 Å². The SMILES string of the molecule is Cc1nsc(NCc2ccc(C(C)C)cc2)n1. The van der Waals surface area contributed by atoms with Gasteiger partial charge in [0, 0.05) is 18.1 Å². The lowest BCUT2D eigenvalue weighted by Gasteiger charge is -2.07. The normalized spacial score (nSPS) is 10.8. The lowest BCUT2D eigenvalue weighted by Crippen LogP contribution is -1.99. The molecule has 1 heterocycles. The second-order valence-corrected chi connectivity index (χ2v) is 5.15. The highest BCUT2D eigenvalue weighted by Gasteiger charge is 2.01. The maximum atomic E-state index is 4.27. The summed E-state index contributed by atoms with van der Waals surface area (Å²) in [6, 6.07) is 8.70. The zero-order valence-electron chi connectivity index (χ0n) is 10.4. The van der Waals surface area contributed by atoms with E-state index in [2.05, 4.69) is 52.8 Å². The van der Waals surface area contributed by atoms with Crippen molar-refractivity contribution in [3.05, 3.63) is 41.2 Å². The summed E-state index contributed by atoms with van der Waals surface area (Å²) in [5.74, 6) is 1.41. The number of aromatic nitrogens is 2. The molecule has 0 saturated carbocycles. The van der Waals surface area contributed by atoms with Gasteiger partial charge in [0.05, 0.1) is 0 Å². The third-order valence-electron chi connectivity index (χ3n) is 2.62. The first-order valence-electron chi connectivity index (χ1n) is 5.78. The topological polar surface area (TPSA) is 37.8 Å². The number of rotatable bonds is 4. The van der Waals surface area contributed by atoms with Crippen LogP contribution in [-0.4, -0.2) is 9.36 Å². The van der Waals surface area contributed by atoms with Crippen LogP contribution in [0, 0.1) is 6.92 Å². The Morgan fingerprint density at radius 2 is 1.94 bits per heavy atom. The maximum absolute atomic E-state index is 4.27. The van der Waals surface area contributed by atoms with E-state index in [1.807, 2.05) is 6.92 Å². The molecule has 0 unspecified atom stereocenters. The highest BCUT2D eigenvalue weighted by atomic mass is 32.1. The fourth-order valence-corrected chi connectivity index (χ4v) is 2.14. The highest BCUT2D eigenvalue weighted by molar-refractivity contribution is 7.09. The summed E-state index contributed by atoms with van der Waals surface area (Å²) >= 11 is 1.40. The predicted molar refractivity (Wildman–Crippen MR) is 72.5 cm³/mol. The van der Waals surface area contributed by atoms with Crippen LogP contribution in [0.15, 0.2) is 24.3 Å². The minimum atomic E-state index is 0.586. The van der Waals surface area contributed by atoms with Crippen LogP contribution < -0.4 is 5.32 Å². The Labute approximate surface area is 106 Å². The number of nitrogens with one attached hydrogen (secondary N) is 1. The third kappa shape index (κ3) is 3.27. The summed E-state index contributed by atoms with van der Waals surface area (Å²) in [4.78, 5) is 4.27. The van der Waals surface area contributed by atoms with Crippen molar-refractivity contribution in [2.45, 2.75) is 33.2 Å². The smallest absolute Gasteiger partial charge is 0.202 e. The van der Waals surface area contributed by atoms with Gasteiger partial charge in [-0.15, -0.1) is 0 Å². The molecule has 4 heteroatoms. The number of hydrogen-bond donors (Lipinski definition) is 1. The van der Waals surface area contributed by atoms with Crippen LogP contribution in [-0.2, 0) is 6.54 Å². The molecule has 1 aromatic carbocycles. The molecule has 2 rings (SSSR count). The van der Waals surface area contributed by atoms with E-state index >= 15 is 0 Å². The Bertz CT molecular complexity index is 474. The van der Waals surface area contributed by atoms with Gasteiger partial charge >= 0.3 is 0 Å². The Morgan fingerprint density at radius 1 is 1.24 bits per heavy atom. The molecule has 90 valence electrons. The molecular weight excluding hydrogens is 230 g/mol. The molecule has 17 heavy (non-hydrogen) atoms. The summed E-state index contributed by atoms with van der Waals surface area (Å²) in [7, 11) is 0. The molecule has 0 bridgehead atoms. The molecule has 0 fully saturated rings. The Kier molecular flexibility index (Phi) is 3.74. The first kappa shape index (κ1) is 12.0. The number of benzene rings is 1. The van der Waals surface area contributed by atoms with Gasteiger partial charge in [-0.2, -0.15) is 4.37 Å². The van der Waals surface area contributed by atoms with Gasteiger partial charge in [0.1, 0.15) is 5.82 Å². The van der Waals surface area contributed by atoms with Crippen LogP contribution in [0.2, 0.25) is 0 Å². The zero-order chi connectivity index (χ0) is 12.3. The van der Waals surface area contributed by atoms with Crippen molar-refractivity contribution >= 4 is 16.7 Å². The zero-order valence-corrected chi connectivity index (χ0v) is 11.2. The summed E-state index contributed by atoms with van der Waals surface area (Å²) in [6.07, 6.45) is 0. The van der Waals surface area contributed by atoms with E-state index in [1.54, 1.807) is 0 Å². The second-order valence-electron chi connectivity index (χ2n) is 4.40. The molecule has 0 atom stereocenters. The van der Waals surface area contributed by atoms with Crippen LogP contribution in [0.1, 0.15) is 36.7 Å². The molecule has 0 amide bonds. The summed E-state index contributed by atoms with van der Waals surface area (Å²) in [5.41, 5.74) is 2.64.